The van der Waals surface area contributed by atoms with Crippen LogP contribution in [-0.2, 0) is 4.79 Å². The van der Waals surface area contributed by atoms with Crippen molar-refractivity contribution in [2.75, 3.05) is 22.5 Å². The minimum Gasteiger partial charge on any atom is -0.339 e. The Morgan fingerprint density at radius 1 is 1.12 bits per heavy atom. The average molecular weight is 352 g/mol. The number of aryl methyl sites for hydroxylation is 2. The highest BCUT2D eigenvalue weighted by atomic mass is 16.1. The van der Waals surface area contributed by atoms with Gasteiger partial charge in [0.2, 0.25) is 5.91 Å². The van der Waals surface area contributed by atoms with Gasteiger partial charge in [-0.3, -0.25) is 14.9 Å². The topological polar surface area (TPSA) is 134 Å². The Bertz CT molecular complexity index is 921. The fourth-order valence-corrected chi connectivity index (χ4v) is 2.28. The van der Waals surface area contributed by atoms with Crippen LogP contribution in [0.15, 0.2) is 36.7 Å². The summed E-state index contributed by atoms with van der Waals surface area (Å²) in [5.74, 6) is 1.54. The van der Waals surface area contributed by atoms with E-state index in [9.17, 15) is 4.79 Å². The van der Waals surface area contributed by atoms with E-state index in [4.69, 9.17) is 5.73 Å². The van der Waals surface area contributed by atoms with Crippen LogP contribution in [0.5, 0.6) is 0 Å². The second-order valence-corrected chi connectivity index (χ2v) is 5.76. The first-order valence-corrected chi connectivity index (χ1v) is 8.02. The maximum absolute atomic E-state index is 11.5. The number of carbonyl (C=O) groups is 1. The number of nitrogens with zero attached hydrogens (tertiary/aromatic N) is 3. The second kappa shape index (κ2) is 7.62. The van der Waals surface area contributed by atoms with E-state index in [1.54, 1.807) is 12.4 Å². The van der Waals surface area contributed by atoms with Gasteiger partial charge >= 0.3 is 0 Å². The highest BCUT2D eigenvalue weighted by Gasteiger charge is 2.06. The largest absolute Gasteiger partial charge is 0.339 e. The lowest BCUT2D eigenvalue weighted by atomic mass is 10.1. The summed E-state index contributed by atoms with van der Waals surface area (Å²) in [5.41, 5.74) is 8.70. The molecule has 0 unspecified atom stereocenters. The molecular weight excluding hydrogens is 332 g/mol. The third kappa shape index (κ3) is 4.33. The summed E-state index contributed by atoms with van der Waals surface area (Å²) in [4.78, 5) is 20.2. The van der Waals surface area contributed by atoms with Crippen molar-refractivity contribution in [1.82, 2.24) is 20.2 Å². The predicted octanol–water partition coefficient (Wildman–Crippen LogP) is 2.20. The molecule has 0 fully saturated rings. The van der Waals surface area contributed by atoms with E-state index in [-0.39, 0.29) is 12.5 Å². The molecule has 3 aromatic rings. The molecule has 1 amide bonds. The third-order valence-corrected chi connectivity index (χ3v) is 3.57. The monoisotopic (exact) mass is 352 g/mol. The predicted molar refractivity (Wildman–Crippen MR) is 101 cm³/mol. The normalized spacial score (nSPS) is 10.4. The Hall–Kier alpha value is -3.46. The van der Waals surface area contributed by atoms with E-state index >= 15 is 0 Å². The number of nitrogens with one attached hydrogen (secondary N) is 4. The van der Waals surface area contributed by atoms with Gasteiger partial charge in [0, 0.05) is 23.1 Å². The summed E-state index contributed by atoms with van der Waals surface area (Å²) in [6.07, 6.45) is 3.22. The number of amides is 1. The summed E-state index contributed by atoms with van der Waals surface area (Å²) < 4.78 is 0. The zero-order valence-corrected chi connectivity index (χ0v) is 14.5. The molecule has 9 nitrogen and oxygen atoms in total. The number of benzene rings is 1. The number of nitrogens with two attached hydrogens (primary N) is 1. The Balaban J connectivity index is 1.75. The van der Waals surface area contributed by atoms with Crippen molar-refractivity contribution < 1.29 is 4.79 Å². The summed E-state index contributed by atoms with van der Waals surface area (Å²) in [7, 11) is 0. The number of carbonyl (C=O) groups excluding carboxylic acids is 1. The molecule has 0 aliphatic carbocycles. The van der Waals surface area contributed by atoms with Gasteiger partial charge in [-0.25, -0.2) is 4.98 Å². The zero-order chi connectivity index (χ0) is 18.5. The SMILES string of the molecule is Cc1cc(Nc2cncc(Nc3ccc(C)c(NC(=O)CN)c3)n2)n[nH]1. The van der Waals surface area contributed by atoms with Crippen LogP contribution in [0.3, 0.4) is 0 Å². The van der Waals surface area contributed by atoms with E-state index in [0.717, 1.165) is 16.9 Å². The van der Waals surface area contributed by atoms with E-state index in [2.05, 4.69) is 36.1 Å². The lowest BCUT2D eigenvalue weighted by molar-refractivity contribution is -0.114. The number of aromatic amines is 1. The number of anilines is 5. The van der Waals surface area contributed by atoms with Gasteiger partial charge < -0.3 is 21.7 Å². The van der Waals surface area contributed by atoms with Gasteiger partial charge in [-0.15, -0.1) is 0 Å². The van der Waals surface area contributed by atoms with Gasteiger partial charge in [0.05, 0.1) is 18.9 Å². The van der Waals surface area contributed by atoms with Crippen LogP contribution in [0.4, 0.5) is 28.8 Å². The molecule has 1 aromatic carbocycles. The standard InChI is InChI=1S/C17H20N8O/c1-10-3-4-12(6-13(10)21-17(26)7-18)20-15-8-19-9-16(23-15)22-14-5-11(2)24-25-14/h3-6,8-9H,7,18H2,1-2H3,(H,21,26)(H3,20,22,23,24,25). The molecule has 26 heavy (non-hydrogen) atoms. The van der Waals surface area contributed by atoms with Crippen molar-refractivity contribution in [2.45, 2.75) is 13.8 Å². The van der Waals surface area contributed by atoms with E-state index in [1.165, 1.54) is 0 Å². The van der Waals surface area contributed by atoms with Crippen LogP contribution in [0.25, 0.3) is 0 Å². The van der Waals surface area contributed by atoms with Crippen molar-refractivity contribution in [3.05, 3.63) is 47.9 Å². The first kappa shape index (κ1) is 17.4. The molecule has 0 saturated heterocycles. The van der Waals surface area contributed by atoms with Gasteiger partial charge in [0.25, 0.3) is 0 Å². The number of aromatic nitrogens is 4. The van der Waals surface area contributed by atoms with Gasteiger partial charge in [-0.2, -0.15) is 5.10 Å². The minimum atomic E-state index is -0.245. The Morgan fingerprint density at radius 2 is 1.88 bits per heavy atom. The maximum atomic E-state index is 11.5. The zero-order valence-electron chi connectivity index (χ0n) is 14.5. The second-order valence-electron chi connectivity index (χ2n) is 5.76. The molecule has 0 atom stereocenters. The van der Waals surface area contributed by atoms with E-state index in [1.807, 2.05) is 38.1 Å². The third-order valence-electron chi connectivity index (χ3n) is 3.57. The van der Waals surface area contributed by atoms with Crippen LogP contribution >= 0.6 is 0 Å². The van der Waals surface area contributed by atoms with Gasteiger partial charge in [-0.1, -0.05) is 6.07 Å². The lowest BCUT2D eigenvalue weighted by Crippen LogP contribution is -2.22. The van der Waals surface area contributed by atoms with Crippen molar-refractivity contribution in [3.63, 3.8) is 0 Å². The van der Waals surface area contributed by atoms with Crippen molar-refractivity contribution in [1.29, 1.82) is 0 Å². The Kier molecular flexibility index (Phi) is 5.09. The summed E-state index contributed by atoms with van der Waals surface area (Å²) in [5, 5.41) is 16.0. The molecule has 2 heterocycles. The lowest BCUT2D eigenvalue weighted by Gasteiger charge is -2.12. The van der Waals surface area contributed by atoms with Crippen molar-refractivity contribution in [3.8, 4) is 0 Å². The van der Waals surface area contributed by atoms with Crippen LogP contribution in [-0.4, -0.2) is 32.6 Å². The smallest absolute Gasteiger partial charge is 0.238 e. The molecule has 0 bridgehead atoms. The Morgan fingerprint density at radius 3 is 2.58 bits per heavy atom. The number of rotatable bonds is 6. The van der Waals surface area contributed by atoms with E-state index < -0.39 is 0 Å². The molecule has 0 saturated carbocycles. The van der Waals surface area contributed by atoms with Gasteiger partial charge in [-0.05, 0) is 31.5 Å². The van der Waals surface area contributed by atoms with Crippen LogP contribution in [0, 0.1) is 13.8 Å². The molecule has 6 N–H and O–H groups in total. The fraction of sp³-hybridized carbons (Fsp3) is 0.176. The molecule has 0 aliphatic heterocycles. The highest BCUT2D eigenvalue weighted by molar-refractivity contribution is 5.93. The minimum absolute atomic E-state index is 0.0665. The van der Waals surface area contributed by atoms with Gasteiger partial charge in [0.15, 0.2) is 17.5 Å². The summed E-state index contributed by atoms with van der Waals surface area (Å²) in [6, 6.07) is 7.48. The molecule has 3 rings (SSSR count). The fourth-order valence-electron chi connectivity index (χ4n) is 2.28. The summed E-state index contributed by atoms with van der Waals surface area (Å²) >= 11 is 0. The van der Waals surface area contributed by atoms with E-state index in [0.29, 0.717) is 23.1 Å². The summed E-state index contributed by atoms with van der Waals surface area (Å²) in [6.45, 7) is 3.76. The molecule has 134 valence electrons. The molecule has 0 aliphatic rings. The highest BCUT2D eigenvalue weighted by Crippen LogP contribution is 2.23. The van der Waals surface area contributed by atoms with Crippen molar-refractivity contribution in [2.24, 2.45) is 5.73 Å². The maximum Gasteiger partial charge on any atom is 0.238 e. The molecule has 0 spiro atoms. The molecule has 9 heteroatoms. The van der Waals surface area contributed by atoms with Crippen LogP contribution < -0.4 is 21.7 Å². The number of H-pyrrole nitrogens is 1. The molecular formula is C17H20N8O. The Labute approximate surface area is 150 Å². The van der Waals surface area contributed by atoms with Crippen LogP contribution in [0.2, 0.25) is 0 Å². The quantitative estimate of drug-likeness (QED) is 0.459. The number of hydrogen-bond acceptors (Lipinski definition) is 7. The number of hydrogen-bond donors (Lipinski definition) is 5. The molecule has 2 aromatic heterocycles. The van der Waals surface area contributed by atoms with Gasteiger partial charge in [0.1, 0.15) is 0 Å². The molecule has 0 radical (unpaired) electrons. The average Bonchev–Trinajstić information content (AvgIpc) is 3.03. The first-order chi connectivity index (χ1) is 12.5. The van der Waals surface area contributed by atoms with Crippen molar-refractivity contribution >= 4 is 34.7 Å². The van der Waals surface area contributed by atoms with Crippen LogP contribution in [0.1, 0.15) is 11.3 Å². The first-order valence-electron chi connectivity index (χ1n) is 8.02.